The van der Waals surface area contributed by atoms with Crippen LogP contribution >= 0.6 is 46.3 Å². The third-order valence-electron chi connectivity index (χ3n) is 3.29. The number of allylic oxidation sites excluding steroid dienone is 1. The lowest BCUT2D eigenvalue weighted by Gasteiger charge is -2.02. The highest BCUT2D eigenvalue weighted by Crippen LogP contribution is 2.42. The number of aromatic nitrogens is 2. The standard InChI is InChI=1S/C15H11Cl2N3OS2/c1-2-10-19-20-15(23-10)11-13(21)9(22-14(11)18)6-7-4-3-5-8(16)12(7)17/h3-6,11,18H,2H2,1H3/b9-6-,18-14?/t11-/m0/s1. The molecule has 3 rings (SSSR count). The van der Waals surface area contributed by atoms with E-state index in [2.05, 4.69) is 10.2 Å². The number of hydrogen-bond acceptors (Lipinski definition) is 6. The zero-order chi connectivity index (χ0) is 16.6. The Balaban J connectivity index is 1.94. The maximum Gasteiger partial charge on any atom is 0.186 e. The molecule has 0 radical (unpaired) electrons. The van der Waals surface area contributed by atoms with Crippen molar-refractivity contribution in [3.63, 3.8) is 0 Å². The zero-order valence-corrected chi connectivity index (χ0v) is 15.1. The summed E-state index contributed by atoms with van der Waals surface area (Å²) in [6.45, 7) is 1.98. The third-order valence-corrected chi connectivity index (χ3v) is 6.25. The van der Waals surface area contributed by atoms with Crippen molar-refractivity contribution in [3.05, 3.63) is 48.7 Å². The van der Waals surface area contributed by atoms with Crippen molar-refractivity contribution in [2.45, 2.75) is 19.3 Å². The summed E-state index contributed by atoms with van der Waals surface area (Å²) in [6.07, 6.45) is 2.44. The Morgan fingerprint density at radius 3 is 2.83 bits per heavy atom. The minimum Gasteiger partial charge on any atom is -0.297 e. The van der Waals surface area contributed by atoms with Gasteiger partial charge in [0.25, 0.3) is 0 Å². The molecular formula is C15H11Cl2N3OS2. The van der Waals surface area contributed by atoms with Crippen LogP contribution in [-0.2, 0) is 11.2 Å². The molecule has 0 bridgehead atoms. The number of nitrogens with one attached hydrogen (secondary N) is 1. The minimum absolute atomic E-state index is 0.144. The van der Waals surface area contributed by atoms with E-state index in [1.165, 1.54) is 11.3 Å². The van der Waals surface area contributed by atoms with Crippen LogP contribution in [-0.4, -0.2) is 21.0 Å². The van der Waals surface area contributed by atoms with Gasteiger partial charge in [0.2, 0.25) is 0 Å². The molecule has 0 spiro atoms. The van der Waals surface area contributed by atoms with Crippen LogP contribution in [0.5, 0.6) is 0 Å². The number of ketones is 1. The van der Waals surface area contributed by atoms with Gasteiger partial charge in [-0.1, -0.05) is 54.0 Å². The normalized spacial score (nSPS) is 19.8. The maximum absolute atomic E-state index is 12.6. The van der Waals surface area contributed by atoms with Gasteiger partial charge in [-0.2, -0.15) is 0 Å². The molecule has 2 aromatic rings. The smallest absolute Gasteiger partial charge is 0.186 e. The number of halogens is 2. The lowest BCUT2D eigenvalue weighted by atomic mass is 10.1. The second-order valence-corrected chi connectivity index (χ2v) is 7.77. The number of benzene rings is 1. The quantitative estimate of drug-likeness (QED) is 0.770. The molecule has 1 aliphatic rings. The summed E-state index contributed by atoms with van der Waals surface area (Å²) < 4.78 is 0. The van der Waals surface area contributed by atoms with E-state index in [-0.39, 0.29) is 10.8 Å². The summed E-state index contributed by atoms with van der Waals surface area (Å²) >= 11 is 14.7. The lowest BCUT2D eigenvalue weighted by Crippen LogP contribution is -2.11. The molecule has 118 valence electrons. The minimum atomic E-state index is -0.651. The molecular weight excluding hydrogens is 373 g/mol. The van der Waals surface area contributed by atoms with E-state index >= 15 is 0 Å². The summed E-state index contributed by atoms with van der Waals surface area (Å²) in [7, 11) is 0. The van der Waals surface area contributed by atoms with Crippen molar-refractivity contribution < 1.29 is 4.79 Å². The number of carbonyl (C=O) groups is 1. The molecule has 8 heteroatoms. The Labute approximate surface area is 151 Å². The van der Waals surface area contributed by atoms with Crippen LogP contribution in [0.2, 0.25) is 10.0 Å². The molecule has 1 atom stereocenters. The molecule has 0 saturated carbocycles. The van der Waals surface area contributed by atoms with E-state index in [4.69, 9.17) is 28.6 Å². The molecule has 1 saturated heterocycles. The van der Waals surface area contributed by atoms with Gasteiger partial charge < -0.3 is 0 Å². The van der Waals surface area contributed by atoms with Gasteiger partial charge in [0.05, 0.1) is 20.0 Å². The van der Waals surface area contributed by atoms with E-state index in [1.807, 2.05) is 6.92 Å². The van der Waals surface area contributed by atoms with Gasteiger partial charge in [-0.25, -0.2) is 0 Å². The van der Waals surface area contributed by atoms with E-state index in [9.17, 15) is 4.79 Å². The van der Waals surface area contributed by atoms with Crippen molar-refractivity contribution in [3.8, 4) is 0 Å². The molecule has 0 amide bonds. The number of carbonyl (C=O) groups excluding carboxylic acids is 1. The van der Waals surface area contributed by atoms with Crippen LogP contribution in [0.15, 0.2) is 23.1 Å². The number of aryl methyl sites for hydroxylation is 1. The molecule has 2 heterocycles. The second-order valence-electron chi connectivity index (χ2n) is 4.80. The topological polar surface area (TPSA) is 66.7 Å². The fourth-order valence-electron chi connectivity index (χ4n) is 2.11. The van der Waals surface area contributed by atoms with Gasteiger partial charge in [-0.15, -0.1) is 21.5 Å². The van der Waals surface area contributed by atoms with Crippen LogP contribution in [0.1, 0.15) is 28.4 Å². The van der Waals surface area contributed by atoms with Crippen molar-refractivity contribution in [2.24, 2.45) is 0 Å². The van der Waals surface area contributed by atoms with Crippen molar-refractivity contribution in [2.75, 3.05) is 0 Å². The first-order valence-corrected chi connectivity index (χ1v) is 9.18. The summed E-state index contributed by atoms with van der Waals surface area (Å²) in [6, 6.07) is 5.24. The molecule has 1 aromatic heterocycles. The largest absolute Gasteiger partial charge is 0.297 e. The molecule has 0 unspecified atom stereocenters. The Hall–Kier alpha value is -1.21. The predicted octanol–water partition coefficient (Wildman–Crippen LogP) is 4.83. The first kappa shape index (κ1) is 16.6. The fourth-order valence-corrected chi connectivity index (χ4v) is 4.42. The summed E-state index contributed by atoms with van der Waals surface area (Å²) in [4.78, 5) is 13.1. The summed E-state index contributed by atoms with van der Waals surface area (Å²) in [5, 5.41) is 18.7. The Morgan fingerprint density at radius 1 is 1.35 bits per heavy atom. The van der Waals surface area contributed by atoms with Crippen LogP contribution in [0.3, 0.4) is 0 Å². The van der Waals surface area contributed by atoms with Gasteiger partial charge >= 0.3 is 0 Å². The molecule has 1 aliphatic heterocycles. The molecule has 1 fully saturated rings. The predicted molar refractivity (Wildman–Crippen MR) is 96.8 cm³/mol. The van der Waals surface area contributed by atoms with E-state index in [1.54, 1.807) is 24.3 Å². The Bertz CT molecular complexity index is 832. The maximum atomic E-state index is 12.6. The highest BCUT2D eigenvalue weighted by molar-refractivity contribution is 8.19. The van der Waals surface area contributed by atoms with Gasteiger partial charge in [0.1, 0.15) is 15.9 Å². The monoisotopic (exact) mass is 383 g/mol. The Kier molecular flexibility index (Phi) is 4.87. The summed E-state index contributed by atoms with van der Waals surface area (Å²) in [5.41, 5.74) is 0.662. The molecule has 1 N–H and O–H groups in total. The van der Waals surface area contributed by atoms with Gasteiger partial charge in [-0.3, -0.25) is 10.2 Å². The van der Waals surface area contributed by atoms with Crippen LogP contribution in [0.4, 0.5) is 0 Å². The van der Waals surface area contributed by atoms with Crippen LogP contribution in [0, 0.1) is 5.41 Å². The molecule has 1 aromatic carbocycles. The van der Waals surface area contributed by atoms with E-state index < -0.39 is 5.92 Å². The first-order valence-electron chi connectivity index (χ1n) is 6.79. The number of Topliss-reactive ketones (excluding diaryl/α,β-unsaturated/α-hetero) is 1. The average Bonchev–Trinajstić information content (AvgIpc) is 3.09. The lowest BCUT2D eigenvalue weighted by molar-refractivity contribution is -0.114. The third kappa shape index (κ3) is 3.21. The number of hydrogen-bond donors (Lipinski definition) is 1. The summed E-state index contributed by atoms with van der Waals surface area (Å²) in [5.74, 6) is -0.795. The fraction of sp³-hybridized carbons (Fsp3) is 0.200. The van der Waals surface area contributed by atoms with Crippen molar-refractivity contribution in [1.82, 2.24) is 10.2 Å². The van der Waals surface area contributed by atoms with E-state index in [0.717, 1.165) is 23.2 Å². The SMILES string of the molecule is CCc1nnc([C@@H]2C(=N)S/C(=C\c3cccc(Cl)c3Cl)C2=O)s1. The highest BCUT2D eigenvalue weighted by Gasteiger charge is 2.39. The highest BCUT2D eigenvalue weighted by atomic mass is 35.5. The molecule has 4 nitrogen and oxygen atoms in total. The van der Waals surface area contributed by atoms with Gasteiger partial charge in [0, 0.05) is 0 Å². The zero-order valence-electron chi connectivity index (χ0n) is 12.0. The number of nitrogens with zero attached hydrogens (tertiary/aromatic N) is 2. The average molecular weight is 384 g/mol. The van der Waals surface area contributed by atoms with Gasteiger partial charge in [0.15, 0.2) is 5.78 Å². The molecule has 0 aliphatic carbocycles. The van der Waals surface area contributed by atoms with E-state index in [0.29, 0.717) is 25.5 Å². The van der Waals surface area contributed by atoms with Gasteiger partial charge in [-0.05, 0) is 24.1 Å². The number of thioether (sulfide) groups is 1. The Morgan fingerprint density at radius 2 is 2.13 bits per heavy atom. The second kappa shape index (κ2) is 6.73. The van der Waals surface area contributed by atoms with Crippen LogP contribution < -0.4 is 0 Å². The van der Waals surface area contributed by atoms with Crippen molar-refractivity contribution >= 4 is 63.2 Å². The van der Waals surface area contributed by atoms with Crippen molar-refractivity contribution in [1.29, 1.82) is 5.41 Å². The van der Waals surface area contributed by atoms with Crippen LogP contribution in [0.25, 0.3) is 6.08 Å². The molecule has 23 heavy (non-hydrogen) atoms. The number of rotatable bonds is 3. The first-order chi connectivity index (χ1) is 11.0.